The number of phenolic OH excluding ortho intramolecular Hbond substituents is 1. The Morgan fingerprint density at radius 3 is 2.49 bits per heavy atom. The van der Waals surface area contributed by atoms with Crippen LogP contribution in [0, 0.1) is 11.3 Å². The zero-order valence-corrected chi connectivity index (χ0v) is 30.8. The Balaban J connectivity index is 0.676. The summed E-state index contributed by atoms with van der Waals surface area (Å²) in [7, 11) is 0. The number of imide groups is 1. The highest BCUT2D eigenvalue weighted by atomic mass is 16.3. The smallest absolute Gasteiger partial charge is 0.320 e. The molecular formula is C40H46N10O5. The molecule has 55 heavy (non-hydrogen) atoms. The number of hydrogen-bond acceptors (Lipinski definition) is 11. The van der Waals surface area contributed by atoms with E-state index < -0.39 is 6.04 Å². The number of rotatable bonds is 5. The molecule has 15 nitrogen and oxygen atoms in total. The van der Waals surface area contributed by atoms with Crippen LogP contribution in [0.3, 0.4) is 0 Å². The average molecular weight is 747 g/mol. The van der Waals surface area contributed by atoms with Crippen LogP contribution >= 0.6 is 0 Å². The molecule has 5 amide bonds. The molecule has 2 atom stereocenters. The molecule has 2 aromatic carbocycles. The molecule has 10 rings (SSSR count). The Hall–Kier alpha value is -5.44. The lowest BCUT2D eigenvalue weighted by Crippen LogP contribution is -2.74. The standard InChI is InChI=1S/C40H46N10O5/c51-34-4-2-1-3-29(34)31-16-33-36(44-43-31)41-17-28-20-47(13-14-49(28)33)39(55)48-23-40(24-48)21-45(22-40)18-25-9-11-46(12-10-25)27-6-5-26-19-50(38(54)30(26)15-27)32-7-8-35(52)42-37(32)53/h1-6,15-16,25,28,32,51H,7-14,17-24H2,(H,41,44)(H,42,52,53). The summed E-state index contributed by atoms with van der Waals surface area (Å²) in [6, 6.07) is 14.9. The number of carbonyl (C=O) groups excluding carboxylic acids is 4. The van der Waals surface area contributed by atoms with Crippen molar-refractivity contribution in [2.75, 3.05) is 87.1 Å². The van der Waals surface area contributed by atoms with Crippen LogP contribution in [-0.2, 0) is 16.1 Å². The van der Waals surface area contributed by atoms with Crippen molar-refractivity contribution in [3.8, 4) is 17.0 Å². The van der Waals surface area contributed by atoms with Gasteiger partial charge >= 0.3 is 6.03 Å². The van der Waals surface area contributed by atoms with Crippen molar-refractivity contribution in [2.45, 2.75) is 44.3 Å². The molecule has 0 radical (unpaired) electrons. The molecule has 3 aromatic rings. The molecular weight excluding hydrogens is 701 g/mol. The number of amides is 5. The summed E-state index contributed by atoms with van der Waals surface area (Å²) >= 11 is 0. The Bertz CT molecular complexity index is 2070. The molecule has 0 saturated carbocycles. The summed E-state index contributed by atoms with van der Waals surface area (Å²) in [5.74, 6) is 0.743. The Morgan fingerprint density at radius 2 is 1.69 bits per heavy atom. The summed E-state index contributed by atoms with van der Waals surface area (Å²) in [6.45, 7) is 9.82. The van der Waals surface area contributed by atoms with Gasteiger partial charge in [0.05, 0.1) is 17.4 Å². The van der Waals surface area contributed by atoms with Crippen molar-refractivity contribution >= 4 is 40.9 Å². The number of fused-ring (bicyclic) bond motifs is 4. The third kappa shape index (κ3) is 5.99. The second kappa shape index (κ2) is 13.1. The van der Waals surface area contributed by atoms with E-state index in [9.17, 15) is 24.3 Å². The fourth-order valence-corrected chi connectivity index (χ4v) is 10.1. The van der Waals surface area contributed by atoms with Crippen molar-refractivity contribution in [3.05, 3.63) is 59.7 Å². The molecule has 15 heteroatoms. The van der Waals surface area contributed by atoms with Crippen LogP contribution < -0.4 is 20.4 Å². The van der Waals surface area contributed by atoms with Gasteiger partial charge in [0.2, 0.25) is 11.8 Å². The number of phenols is 1. The van der Waals surface area contributed by atoms with E-state index in [4.69, 9.17) is 0 Å². The Morgan fingerprint density at radius 1 is 0.873 bits per heavy atom. The van der Waals surface area contributed by atoms with Crippen LogP contribution in [0.4, 0.5) is 22.0 Å². The van der Waals surface area contributed by atoms with Crippen LogP contribution in [0.25, 0.3) is 11.3 Å². The SMILES string of the molecule is O=C1CCC(N2Cc3ccc(N4CCC(CN5CC6(C5)CN(C(=O)N5CCN7c8cc(-c9ccccc9O)nnc8NCC7C5)C6)CC4)cc3C2=O)C(=O)N1. The lowest BCUT2D eigenvalue weighted by atomic mass is 9.72. The van der Waals surface area contributed by atoms with E-state index in [1.807, 2.05) is 40.1 Å². The van der Waals surface area contributed by atoms with Gasteiger partial charge in [-0.1, -0.05) is 18.2 Å². The molecule has 3 N–H and O–H groups in total. The van der Waals surface area contributed by atoms with Gasteiger partial charge in [-0.05, 0) is 61.1 Å². The predicted molar refractivity (Wildman–Crippen MR) is 204 cm³/mol. The molecule has 7 aliphatic rings. The maximum atomic E-state index is 13.6. The van der Waals surface area contributed by atoms with Gasteiger partial charge in [0.25, 0.3) is 5.91 Å². The minimum Gasteiger partial charge on any atom is -0.507 e. The molecule has 1 spiro atoms. The second-order valence-electron chi connectivity index (χ2n) is 16.6. The van der Waals surface area contributed by atoms with Crippen LogP contribution in [0.5, 0.6) is 5.75 Å². The quantitative estimate of drug-likeness (QED) is 0.329. The number of piperazine rings is 1. The normalized spacial score (nSPS) is 24.8. The summed E-state index contributed by atoms with van der Waals surface area (Å²) in [5.41, 5.74) is 5.10. The zero-order chi connectivity index (χ0) is 37.4. The predicted octanol–water partition coefficient (Wildman–Crippen LogP) is 2.18. The number of likely N-dealkylation sites (tertiary alicyclic amines) is 2. The van der Waals surface area contributed by atoms with Gasteiger partial charge in [0.1, 0.15) is 11.8 Å². The first-order valence-electron chi connectivity index (χ1n) is 19.7. The van der Waals surface area contributed by atoms with Crippen molar-refractivity contribution < 1.29 is 24.3 Å². The third-order valence-electron chi connectivity index (χ3n) is 13.0. The lowest BCUT2D eigenvalue weighted by Gasteiger charge is -2.61. The number of piperidine rings is 2. The maximum absolute atomic E-state index is 13.6. The number of aromatic nitrogens is 2. The fourth-order valence-electron chi connectivity index (χ4n) is 10.1. The van der Waals surface area contributed by atoms with Crippen LogP contribution in [0.1, 0.15) is 41.6 Å². The van der Waals surface area contributed by atoms with Gasteiger partial charge in [-0.2, -0.15) is 0 Å². The first-order valence-corrected chi connectivity index (χ1v) is 19.7. The highest BCUT2D eigenvalue weighted by molar-refractivity contribution is 6.05. The lowest BCUT2D eigenvalue weighted by molar-refractivity contribution is -0.136. The molecule has 8 heterocycles. The number of nitrogens with zero attached hydrogens (tertiary/aromatic N) is 8. The van der Waals surface area contributed by atoms with E-state index in [0.717, 1.165) is 88.0 Å². The summed E-state index contributed by atoms with van der Waals surface area (Å²) in [6.07, 6.45) is 2.81. The molecule has 1 aromatic heterocycles. The van der Waals surface area contributed by atoms with E-state index in [1.54, 1.807) is 17.0 Å². The van der Waals surface area contributed by atoms with Crippen molar-refractivity contribution in [3.63, 3.8) is 0 Å². The second-order valence-corrected chi connectivity index (χ2v) is 16.6. The number of nitrogens with one attached hydrogen (secondary N) is 2. The first kappa shape index (κ1) is 34.1. The number of aromatic hydroxyl groups is 1. The van der Waals surface area contributed by atoms with E-state index in [0.29, 0.717) is 55.3 Å². The zero-order valence-electron chi connectivity index (χ0n) is 30.8. The van der Waals surface area contributed by atoms with Crippen molar-refractivity contribution in [1.82, 2.24) is 35.1 Å². The number of para-hydroxylation sites is 1. The van der Waals surface area contributed by atoms with Gasteiger partial charge in [0, 0.05) is 107 Å². The Kier molecular flexibility index (Phi) is 8.12. The molecule has 0 bridgehead atoms. The molecule has 7 aliphatic heterocycles. The van der Waals surface area contributed by atoms with Crippen molar-refractivity contribution in [2.24, 2.45) is 11.3 Å². The molecule has 286 valence electrons. The molecule has 5 saturated heterocycles. The Labute approximate surface area is 319 Å². The monoisotopic (exact) mass is 746 g/mol. The topological polar surface area (TPSA) is 158 Å². The molecule has 0 aliphatic carbocycles. The van der Waals surface area contributed by atoms with Gasteiger partial charge in [-0.25, -0.2) is 4.79 Å². The van der Waals surface area contributed by atoms with Gasteiger partial charge in [-0.3, -0.25) is 19.7 Å². The number of hydrogen-bond donors (Lipinski definition) is 3. The summed E-state index contributed by atoms with van der Waals surface area (Å²) in [4.78, 5) is 63.9. The average Bonchev–Trinajstić information content (AvgIpc) is 3.49. The highest BCUT2D eigenvalue weighted by Crippen LogP contribution is 2.42. The van der Waals surface area contributed by atoms with Gasteiger partial charge in [0.15, 0.2) is 5.82 Å². The third-order valence-corrected chi connectivity index (χ3v) is 13.0. The van der Waals surface area contributed by atoms with E-state index in [2.05, 4.69) is 41.6 Å². The van der Waals surface area contributed by atoms with Crippen LogP contribution in [0.15, 0.2) is 48.5 Å². The minimum absolute atomic E-state index is 0.129. The van der Waals surface area contributed by atoms with E-state index >= 15 is 0 Å². The van der Waals surface area contributed by atoms with Crippen LogP contribution in [0.2, 0.25) is 0 Å². The fraction of sp³-hybridized carbons (Fsp3) is 0.500. The number of benzene rings is 2. The number of urea groups is 1. The summed E-state index contributed by atoms with van der Waals surface area (Å²) < 4.78 is 0. The van der Waals surface area contributed by atoms with Crippen molar-refractivity contribution in [1.29, 1.82) is 0 Å². The van der Waals surface area contributed by atoms with Gasteiger partial charge < -0.3 is 39.8 Å². The molecule has 2 unspecified atom stereocenters. The van der Waals surface area contributed by atoms with Gasteiger partial charge in [-0.15, -0.1) is 10.2 Å². The maximum Gasteiger partial charge on any atom is 0.320 e. The van der Waals surface area contributed by atoms with E-state index in [-0.39, 0.29) is 47.4 Å². The molecule has 5 fully saturated rings. The largest absolute Gasteiger partial charge is 0.507 e. The first-order chi connectivity index (χ1) is 26.7. The van der Waals surface area contributed by atoms with E-state index in [1.165, 1.54) is 0 Å². The van der Waals surface area contributed by atoms with Crippen LogP contribution in [-0.4, -0.2) is 143 Å². The number of carbonyl (C=O) groups is 4. The highest BCUT2D eigenvalue weighted by Gasteiger charge is 2.54. The summed E-state index contributed by atoms with van der Waals surface area (Å²) in [5, 5.41) is 24.9. The number of anilines is 3. The minimum atomic E-state index is -0.597.